The summed E-state index contributed by atoms with van der Waals surface area (Å²) in [6, 6.07) is 6.71. The predicted octanol–water partition coefficient (Wildman–Crippen LogP) is 3.09. The van der Waals surface area contributed by atoms with E-state index in [-0.39, 0.29) is 11.7 Å². The molecular formula is C13H17BrO3S. The lowest BCUT2D eigenvalue weighted by Gasteiger charge is -2.15. The van der Waals surface area contributed by atoms with Crippen LogP contribution in [0.4, 0.5) is 0 Å². The zero-order valence-corrected chi connectivity index (χ0v) is 13.1. The molecule has 0 aliphatic rings. The first-order chi connectivity index (χ1) is 8.24. The maximum atomic E-state index is 12.0. The predicted molar refractivity (Wildman–Crippen MR) is 76.6 cm³/mol. The molecule has 5 heteroatoms. The van der Waals surface area contributed by atoms with E-state index in [9.17, 15) is 13.2 Å². The van der Waals surface area contributed by atoms with Crippen molar-refractivity contribution < 1.29 is 13.2 Å². The normalized spacial score (nSPS) is 13.6. The third-order valence-electron chi connectivity index (χ3n) is 3.00. The molecule has 1 aromatic carbocycles. The van der Waals surface area contributed by atoms with Crippen molar-refractivity contribution in [1.82, 2.24) is 0 Å². The topological polar surface area (TPSA) is 51.2 Å². The lowest BCUT2D eigenvalue weighted by Crippen LogP contribution is -2.29. The number of hydrogen-bond acceptors (Lipinski definition) is 3. The van der Waals surface area contributed by atoms with E-state index in [1.807, 2.05) is 13.8 Å². The van der Waals surface area contributed by atoms with E-state index in [2.05, 4.69) is 15.9 Å². The lowest BCUT2D eigenvalue weighted by atomic mass is 10.1. The van der Waals surface area contributed by atoms with Crippen LogP contribution in [0.25, 0.3) is 0 Å². The van der Waals surface area contributed by atoms with Crippen LogP contribution >= 0.6 is 15.9 Å². The van der Waals surface area contributed by atoms with Gasteiger partial charge in [0.15, 0.2) is 15.6 Å². The van der Waals surface area contributed by atoms with Crippen LogP contribution in [0.15, 0.2) is 28.7 Å². The highest BCUT2D eigenvalue weighted by molar-refractivity contribution is 9.10. The van der Waals surface area contributed by atoms with E-state index in [0.717, 1.165) is 4.47 Å². The van der Waals surface area contributed by atoms with E-state index >= 15 is 0 Å². The molecule has 100 valence electrons. The SMILES string of the molecule is CC(C)C(C)S(=O)(=O)CC(=O)c1ccc(Br)cc1. The standard InChI is InChI=1S/C13H17BrO3S/c1-9(2)10(3)18(16,17)8-13(15)11-4-6-12(14)7-5-11/h4-7,9-10H,8H2,1-3H3. The summed E-state index contributed by atoms with van der Waals surface area (Å²) in [6.07, 6.45) is 0. The molecule has 0 bridgehead atoms. The molecule has 1 atom stereocenters. The van der Waals surface area contributed by atoms with Crippen molar-refractivity contribution in [1.29, 1.82) is 0 Å². The van der Waals surface area contributed by atoms with Gasteiger partial charge in [0.05, 0.1) is 5.25 Å². The summed E-state index contributed by atoms with van der Waals surface area (Å²) in [4.78, 5) is 11.9. The Morgan fingerprint density at radius 3 is 2.11 bits per heavy atom. The highest BCUT2D eigenvalue weighted by atomic mass is 79.9. The minimum atomic E-state index is -3.38. The van der Waals surface area contributed by atoms with E-state index in [1.54, 1.807) is 31.2 Å². The van der Waals surface area contributed by atoms with Crippen molar-refractivity contribution >= 4 is 31.6 Å². The van der Waals surface area contributed by atoms with Gasteiger partial charge in [0.1, 0.15) is 5.75 Å². The lowest BCUT2D eigenvalue weighted by molar-refractivity contribution is 0.102. The van der Waals surface area contributed by atoms with E-state index in [1.165, 1.54) is 0 Å². The zero-order chi connectivity index (χ0) is 13.9. The Bertz CT molecular complexity index is 518. The van der Waals surface area contributed by atoms with Crippen LogP contribution < -0.4 is 0 Å². The molecule has 0 fully saturated rings. The molecule has 18 heavy (non-hydrogen) atoms. The number of halogens is 1. The first-order valence-electron chi connectivity index (χ1n) is 5.74. The van der Waals surface area contributed by atoms with Crippen LogP contribution in [0.5, 0.6) is 0 Å². The Morgan fingerprint density at radius 1 is 1.17 bits per heavy atom. The number of hydrogen-bond donors (Lipinski definition) is 0. The van der Waals surface area contributed by atoms with Gasteiger partial charge < -0.3 is 0 Å². The number of Topliss-reactive ketones (excluding diaryl/α,β-unsaturated/α-hetero) is 1. The molecule has 0 heterocycles. The number of ketones is 1. The van der Waals surface area contributed by atoms with Gasteiger partial charge in [0.2, 0.25) is 0 Å². The van der Waals surface area contributed by atoms with Gasteiger partial charge in [-0.15, -0.1) is 0 Å². The summed E-state index contributed by atoms with van der Waals surface area (Å²) in [5.41, 5.74) is 0.428. The van der Waals surface area contributed by atoms with Crippen LogP contribution in [0.3, 0.4) is 0 Å². The first kappa shape index (κ1) is 15.4. The quantitative estimate of drug-likeness (QED) is 0.778. The number of carbonyl (C=O) groups is 1. The van der Waals surface area contributed by atoms with Crippen molar-refractivity contribution in [2.45, 2.75) is 26.0 Å². The van der Waals surface area contributed by atoms with Crippen LogP contribution in [0.1, 0.15) is 31.1 Å². The van der Waals surface area contributed by atoms with Gasteiger partial charge in [0, 0.05) is 10.0 Å². The molecule has 1 rings (SSSR count). The molecule has 0 amide bonds. The van der Waals surface area contributed by atoms with Crippen molar-refractivity contribution in [2.24, 2.45) is 5.92 Å². The average molecular weight is 333 g/mol. The van der Waals surface area contributed by atoms with E-state index < -0.39 is 20.8 Å². The molecular weight excluding hydrogens is 316 g/mol. The Kier molecular flexibility index (Phi) is 5.10. The van der Waals surface area contributed by atoms with Crippen molar-refractivity contribution in [2.75, 3.05) is 5.75 Å². The van der Waals surface area contributed by atoms with E-state index in [0.29, 0.717) is 5.56 Å². The van der Waals surface area contributed by atoms with Gasteiger partial charge in [-0.25, -0.2) is 8.42 Å². The molecule has 0 radical (unpaired) electrons. The van der Waals surface area contributed by atoms with E-state index in [4.69, 9.17) is 0 Å². The summed E-state index contributed by atoms with van der Waals surface area (Å²) < 4.78 is 24.8. The molecule has 3 nitrogen and oxygen atoms in total. The molecule has 0 aliphatic heterocycles. The largest absolute Gasteiger partial charge is 0.293 e. The van der Waals surface area contributed by atoms with Crippen LogP contribution in [0.2, 0.25) is 0 Å². The maximum absolute atomic E-state index is 12.0. The van der Waals surface area contributed by atoms with Gasteiger partial charge in [-0.05, 0) is 25.0 Å². The summed E-state index contributed by atoms with van der Waals surface area (Å²) in [5, 5.41) is -0.503. The van der Waals surface area contributed by atoms with Crippen molar-refractivity contribution in [3.63, 3.8) is 0 Å². The molecule has 0 saturated heterocycles. The summed E-state index contributed by atoms with van der Waals surface area (Å²) in [5.74, 6) is -0.767. The number of carbonyl (C=O) groups excluding carboxylic acids is 1. The summed E-state index contributed by atoms with van der Waals surface area (Å²) >= 11 is 3.27. The first-order valence-corrected chi connectivity index (χ1v) is 8.25. The Morgan fingerprint density at radius 2 is 1.67 bits per heavy atom. The second-order valence-corrected chi connectivity index (χ2v) is 7.96. The van der Waals surface area contributed by atoms with Gasteiger partial charge in [-0.3, -0.25) is 4.79 Å². The monoisotopic (exact) mass is 332 g/mol. The van der Waals surface area contributed by atoms with Crippen LogP contribution in [-0.2, 0) is 9.84 Å². The van der Waals surface area contributed by atoms with Gasteiger partial charge in [-0.1, -0.05) is 41.9 Å². The molecule has 1 aromatic rings. The van der Waals surface area contributed by atoms with Crippen LogP contribution in [-0.4, -0.2) is 25.2 Å². The fourth-order valence-corrected chi connectivity index (χ4v) is 3.34. The maximum Gasteiger partial charge on any atom is 0.177 e. The highest BCUT2D eigenvalue weighted by Gasteiger charge is 2.27. The second-order valence-electron chi connectivity index (χ2n) is 4.69. The van der Waals surface area contributed by atoms with Crippen molar-refractivity contribution in [3.8, 4) is 0 Å². The third-order valence-corrected chi connectivity index (χ3v) is 5.87. The van der Waals surface area contributed by atoms with Crippen molar-refractivity contribution in [3.05, 3.63) is 34.3 Å². The fraction of sp³-hybridized carbons (Fsp3) is 0.462. The summed E-state index contributed by atoms with van der Waals surface area (Å²) in [7, 11) is -3.38. The summed E-state index contributed by atoms with van der Waals surface area (Å²) in [6.45, 7) is 5.33. The number of rotatable bonds is 5. The molecule has 0 N–H and O–H groups in total. The molecule has 0 spiro atoms. The molecule has 0 aromatic heterocycles. The smallest absolute Gasteiger partial charge is 0.177 e. The Hall–Kier alpha value is -0.680. The minimum Gasteiger partial charge on any atom is -0.293 e. The number of benzene rings is 1. The van der Waals surface area contributed by atoms with Crippen LogP contribution in [0, 0.1) is 5.92 Å². The Balaban J connectivity index is 2.85. The van der Waals surface area contributed by atoms with Gasteiger partial charge >= 0.3 is 0 Å². The molecule has 0 saturated carbocycles. The fourth-order valence-electron chi connectivity index (χ4n) is 1.45. The molecule has 0 aliphatic carbocycles. The number of sulfone groups is 1. The highest BCUT2D eigenvalue weighted by Crippen LogP contribution is 2.16. The zero-order valence-electron chi connectivity index (χ0n) is 10.7. The third kappa shape index (κ3) is 3.92. The van der Waals surface area contributed by atoms with Gasteiger partial charge in [-0.2, -0.15) is 0 Å². The molecule has 1 unspecified atom stereocenters. The second kappa shape index (κ2) is 5.97. The average Bonchev–Trinajstić information content (AvgIpc) is 2.28. The van der Waals surface area contributed by atoms with Gasteiger partial charge in [0.25, 0.3) is 0 Å². The minimum absolute atomic E-state index is 0.00715. The Labute approximate surface area is 117 Å².